The zero-order chi connectivity index (χ0) is 13.1. The normalized spacial score (nSPS) is 13.4. The number of fused-ring (bicyclic) bond motifs is 1. The topological polar surface area (TPSA) is 38.1 Å². The van der Waals surface area contributed by atoms with Gasteiger partial charge in [0.25, 0.3) is 0 Å². The highest BCUT2D eigenvalue weighted by atomic mass is 16.3. The minimum absolute atomic E-state index is 0.217. The molecule has 1 aromatic heterocycles. The predicted molar refractivity (Wildman–Crippen MR) is 74.5 cm³/mol. The van der Waals surface area contributed by atoms with E-state index in [1.165, 1.54) is 5.39 Å². The standard InChI is InChI=1S/C15H22N2O/c1-11(2)10-12(18)8-9-14-13-6-4-5-7-15(13)17(3)16-14/h4-7,11-12,18H,8-10H2,1-3H3. The van der Waals surface area contributed by atoms with E-state index in [2.05, 4.69) is 31.1 Å². The molecule has 2 rings (SSSR count). The number of aryl methyl sites for hydroxylation is 2. The Morgan fingerprint density at radius 1 is 1.28 bits per heavy atom. The Hall–Kier alpha value is -1.35. The fourth-order valence-corrected chi connectivity index (χ4v) is 2.44. The van der Waals surface area contributed by atoms with Gasteiger partial charge in [-0.1, -0.05) is 32.0 Å². The lowest BCUT2D eigenvalue weighted by Crippen LogP contribution is -2.11. The van der Waals surface area contributed by atoms with Crippen molar-refractivity contribution in [2.45, 2.75) is 39.2 Å². The minimum atomic E-state index is -0.217. The molecule has 0 spiro atoms. The van der Waals surface area contributed by atoms with Gasteiger partial charge in [0.05, 0.1) is 17.3 Å². The SMILES string of the molecule is CC(C)CC(O)CCc1nn(C)c2ccccc12. The highest BCUT2D eigenvalue weighted by Crippen LogP contribution is 2.20. The highest BCUT2D eigenvalue weighted by Gasteiger charge is 2.11. The summed E-state index contributed by atoms with van der Waals surface area (Å²) in [4.78, 5) is 0. The Balaban J connectivity index is 2.08. The molecule has 3 nitrogen and oxygen atoms in total. The van der Waals surface area contributed by atoms with Gasteiger partial charge in [0, 0.05) is 12.4 Å². The minimum Gasteiger partial charge on any atom is -0.393 e. The molecule has 0 saturated carbocycles. The Morgan fingerprint density at radius 3 is 2.72 bits per heavy atom. The van der Waals surface area contributed by atoms with E-state index < -0.39 is 0 Å². The predicted octanol–water partition coefficient (Wildman–Crippen LogP) is 2.91. The molecule has 0 amide bonds. The molecule has 0 fully saturated rings. The number of aliphatic hydroxyl groups is 1. The number of nitrogens with zero attached hydrogens (tertiary/aromatic N) is 2. The number of para-hydroxylation sites is 1. The van der Waals surface area contributed by atoms with Crippen LogP contribution < -0.4 is 0 Å². The van der Waals surface area contributed by atoms with Crippen molar-refractivity contribution in [1.29, 1.82) is 0 Å². The maximum Gasteiger partial charge on any atom is 0.0704 e. The lowest BCUT2D eigenvalue weighted by molar-refractivity contribution is 0.139. The van der Waals surface area contributed by atoms with Gasteiger partial charge in [-0.25, -0.2) is 0 Å². The van der Waals surface area contributed by atoms with Gasteiger partial charge in [-0.05, 0) is 31.2 Å². The second-order valence-corrected chi connectivity index (χ2v) is 5.41. The van der Waals surface area contributed by atoms with Crippen LogP contribution in [-0.2, 0) is 13.5 Å². The van der Waals surface area contributed by atoms with Gasteiger partial charge in [0.15, 0.2) is 0 Å². The van der Waals surface area contributed by atoms with Crippen molar-refractivity contribution in [3.05, 3.63) is 30.0 Å². The lowest BCUT2D eigenvalue weighted by Gasteiger charge is -2.11. The maximum absolute atomic E-state index is 9.93. The van der Waals surface area contributed by atoms with Crippen molar-refractivity contribution in [3.63, 3.8) is 0 Å². The van der Waals surface area contributed by atoms with Crippen LogP contribution in [0.2, 0.25) is 0 Å². The van der Waals surface area contributed by atoms with Crippen molar-refractivity contribution in [2.75, 3.05) is 0 Å². The smallest absolute Gasteiger partial charge is 0.0704 e. The average molecular weight is 246 g/mol. The summed E-state index contributed by atoms with van der Waals surface area (Å²) < 4.78 is 1.92. The van der Waals surface area contributed by atoms with Crippen molar-refractivity contribution in [2.24, 2.45) is 13.0 Å². The van der Waals surface area contributed by atoms with Crippen LogP contribution in [-0.4, -0.2) is 21.0 Å². The molecule has 1 N–H and O–H groups in total. The van der Waals surface area contributed by atoms with Gasteiger partial charge in [-0.3, -0.25) is 4.68 Å². The van der Waals surface area contributed by atoms with Gasteiger partial charge in [0.1, 0.15) is 0 Å². The molecule has 1 heterocycles. The van der Waals surface area contributed by atoms with E-state index in [0.29, 0.717) is 5.92 Å². The number of hydrogen-bond donors (Lipinski definition) is 1. The van der Waals surface area contributed by atoms with Crippen molar-refractivity contribution < 1.29 is 5.11 Å². The van der Waals surface area contributed by atoms with E-state index in [9.17, 15) is 5.11 Å². The molecule has 3 heteroatoms. The fourth-order valence-electron chi connectivity index (χ4n) is 2.44. The van der Waals surface area contributed by atoms with Gasteiger partial charge in [0.2, 0.25) is 0 Å². The Kier molecular flexibility index (Phi) is 4.02. The van der Waals surface area contributed by atoms with Gasteiger partial charge in [-0.15, -0.1) is 0 Å². The molecule has 18 heavy (non-hydrogen) atoms. The average Bonchev–Trinajstić information content (AvgIpc) is 2.64. The van der Waals surface area contributed by atoms with E-state index >= 15 is 0 Å². The first-order valence-corrected chi connectivity index (χ1v) is 6.66. The molecule has 0 bridgehead atoms. The van der Waals surface area contributed by atoms with E-state index in [4.69, 9.17) is 0 Å². The molecule has 2 aromatic rings. The first-order chi connectivity index (χ1) is 8.58. The molecule has 0 aliphatic heterocycles. The van der Waals surface area contributed by atoms with Gasteiger partial charge in [-0.2, -0.15) is 5.10 Å². The van der Waals surface area contributed by atoms with Crippen LogP contribution >= 0.6 is 0 Å². The van der Waals surface area contributed by atoms with Crippen molar-refractivity contribution >= 4 is 10.9 Å². The highest BCUT2D eigenvalue weighted by molar-refractivity contribution is 5.81. The molecule has 1 atom stereocenters. The monoisotopic (exact) mass is 246 g/mol. The van der Waals surface area contributed by atoms with E-state index in [1.54, 1.807) is 0 Å². The van der Waals surface area contributed by atoms with Crippen LogP contribution in [0.5, 0.6) is 0 Å². The zero-order valence-electron chi connectivity index (χ0n) is 11.4. The number of rotatable bonds is 5. The second kappa shape index (κ2) is 5.53. The maximum atomic E-state index is 9.93. The Labute approximate surface area is 108 Å². The number of benzene rings is 1. The largest absolute Gasteiger partial charge is 0.393 e. The third-order valence-corrected chi connectivity index (χ3v) is 3.29. The summed E-state index contributed by atoms with van der Waals surface area (Å²) in [5, 5.41) is 15.7. The summed E-state index contributed by atoms with van der Waals surface area (Å²) in [5.41, 5.74) is 2.25. The summed E-state index contributed by atoms with van der Waals surface area (Å²) >= 11 is 0. The molecule has 0 saturated heterocycles. The molecular formula is C15H22N2O. The second-order valence-electron chi connectivity index (χ2n) is 5.41. The summed E-state index contributed by atoms with van der Waals surface area (Å²) in [5.74, 6) is 0.542. The van der Waals surface area contributed by atoms with E-state index in [0.717, 1.165) is 30.5 Å². The summed E-state index contributed by atoms with van der Waals surface area (Å²) in [7, 11) is 1.97. The van der Waals surface area contributed by atoms with E-state index in [-0.39, 0.29) is 6.10 Å². The van der Waals surface area contributed by atoms with Crippen molar-refractivity contribution in [3.8, 4) is 0 Å². The summed E-state index contributed by atoms with van der Waals surface area (Å²) in [6.07, 6.45) is 2.28. The molecule has 98 valence electrons. The van der Waals surface area contributed by atoms with Crippen LogP contribution in [0.3, 0.4) is 0 Å². The molecule has 1 unspecified atom stereocenters. The van der Waals surface area contributed by atoms with Crippen LogP contribution in [0.4, 0.5) is 0 Å². The molecular weight excluding hydrogens is 224 g/mol. The van der Waals surface area contributed by atoms with Crippen molar-refractivity contribution in [1.82, 2.24) is 9.78 Å². The van der Waals surface area contributed by atoms with Crippen LogP contribution in [0.15, 0.2) is 24.3 Å². The fraction of sp³-hybridized carbons (Fsp3) is 0.533. The van der Waals surface area contributed by atoms with Gasteiger partial charge < -0.3 is 5.11 Å². The summed E-state index contributed by atoms with van der Waals surface area (Å²) in [6.45, 7) is 4.28. The first kappa shape index (κ1) is 13.1. The summed E-state index contributed by atoms with van der Waals surface area (Å²) in [6, 6.07) is 8.25. The number of hydrogen-bond acceptors (Lipinski definition) is 2. The lowest BCUT2D eigenvalue weighted by atomic mass is 10.0. The third kappa shape index (κ3) is 2.91. The molecule has 0 radical (unpaired) electrons. The molecule has 1 aromatic carbocycles. The zero-order valence-corrected chi connectivity index (χ0v) is 11.4. The number of aliphatic hydroxyl groups excluding tert-OH is 1. The molecule has 0 aliphatic rings. The molecule has 0 aliphatic carbocycles. The van der Waals surface area contributed by atoms with E-state index in [1.807, 2.05) is 23.9 Å². The Morgan fingerprint density at radius 2 is 2.00 bits per heavy atom. The van der Waals surface area contributed by atoms with Crippen LogP contribution in [0.1, 0.15) is 32.4 Å². The van der Waals surface area contributed by atoms with Crippen LogP contribution in [0, 0.1) is 5.92 Å². The quantitative estimate of drug-likeness (QED) is 0.881. The van der Waals surface area contributed by atoms with Crippen LogP contribution in [0.25, 0.3) is 10.9 Å². The third-order valence-electron chi connectivity index (χ3n) is 3.29. The number of aromatic nitrogens is 2. The Bertz CT molecular complexity index is 516. The first-order valence-electron chi connectivity index (χ1n) is 6.66. The van der Waals surface area contributed by atoms with Gasteiger partial charge >= 0.3 is 0 Å².